The molecule has 1 rings (SSSR count). The van der Waals surface area contributed by atoms with Crippen LogP contribution in [0.25, 0.3) is 0 Å². The molecule has 0 aromatic carbocycles. The van der Waals surface area contributed by atoms with E-state index in [9.17, 15) is 9.59 Å². The molecular weight excluding hydrogens is 218 g/mol. The number of hydrogen-bond donors (Lipinski definition) is 2. The van der Waals surface area contributed by atoms with Crippen LogP contribution in [-0.4, -0.2) is 46.9 Å². The zero-order valence-electron chi connectivity index (χ0n) is 8.76. The zero-order chi connectivity index (χ0) is 12.1. The Balaban J connectivity index is 2.66. The molecule has 88 valence electrons. The molecule has 2 N–H and O–H groups in total. The van der Waals surface area contributed by atoms with Crippen molar-refractivity contribution in [3.63, 3.8) is 0 Å². The van der Waals surface area contributed by atoms with Gasteiger partial charge in [0.05, 0.1) is 13.7 Å². The van der Waals surface area contributed by atoms with Gasteiger partial charge in [-0.2, -0.15) is 4.98 Å². The first-order valence-electron chi connectivity index (χ1n) is 4.38. The van der Waals surface area contributed by atoms with Gasteiger partial charge in [-0.3, -0.25) is 4.79 Å². The second-order valence-electron chi connectivity index (χ2n) is 2.87. The van der Waals surface area contributed by atoms with E-state index in [0.29, 0.717) is 0 Å². The molecule has 8 heteroatoms. The summed E-state index contributed by atoms with van der Waals surface area (Å²) in [5, 5.41) is 14.4. The van der Waals surface area contributed by atoms with Crippen LogP contribution in [0.5, 0.6) is 0 Å². The minimum absolute atomic E-state index is 0.208. The van der Waals surface area contributed by atoms with Crippen molar-refractivity contribution in [1.29, 1.82) is 0 Å². The molecule has 16 heavy (non-hydrogen) atoms. The number of carbonyl (C=O) groups is 2. The minimum Gasteiger partial charge on any atom is -0.467 e. The van der Waals surface area contributed by atoms with E-state index >= 15 is 0 Å². The van der Waals surface area contributed by atoms with Crippen LogP contribution in [0.2, 0.25) is 0 Å². The lowest BCUT2D eigenvalue weighted by molar-refractivity contribution is -0.143. The molecule has 8 nitrogen and oxygen atoms in total. The molecule has 1 aromatic rings. The predicted octanol–water partition coefficient (Wildman–Crippen LogP) is -1.36. The Morgan fingerprint density at radius 1 is 1.62 bits per heavy atom. The molecule has 1 unspecified atom stereocenters. The molecule has 0 aliphatic heterocycles. The molecular formula is C8H11N3O5. The Hall–Kier alpha value is -1.96. The maximum atomic E-state index is 11.4. The maximum Gasteiger partial charge on any atom is 0.330 e. The monoisotopic (exact) mass is 229 g/mol. The quantitative estimate of drug-likeness (QED) is 0.613. The molecule has 1 aromatic heterocycles. The van der Waals surface area contributed by atoms with Crippen molar-refractivity contribution < 1.29 is 24.0 Å². The van der Waals surface area contributed by atoms with E-state index in [-0.39, 0.29) is 11.7 Å². The predicted molar refractivity (Wildman–Crippen MR) is 49.4 cm³/mol. The number of carbonyl (C=O) groups excluding carboxylic acids is 2. The fraction of sp³-hybridized carbons (Fsp3) is 0.500. The summed E-state index contributed by atoms with van der Waals surface area (Å²) in [5.74, 6) is -1.46. The van der Waals surface area contributed by atoms with Crippen molar-refractivity contribution >= 4 is 11.9 Å². The van der Waals surface area contributed by atoms with E-state index in [1.807, 2.05) is 0 Å². The Morgan fingerprint density at radius 2 is 2.31 bits per heavy atom. The van der Waals surface area contributed by atoms with Gasteiger partial charge >= 0.3 is 5.97 Å². The van der Waals surface area contributed by atoms with Crippen molar-refractivity contribution in [2.75, 3.05) is 13.7 Å². The highest BCUT2D eigenvalue weighted by Gasteiger charge is 2.23. The molecule has 0 bridgehead atoms. The lowest BCUT2D eigenvalue weighted by Gasteiger charge is -2.11. The lowest BCUT2D eigenvalue weighted by Crippen LogP contribution is -2.44. The third kappa shape index (κ3) is 2.76. The summed E-state index contributed by atoms with van der Waals surface area (Å²) in [7, 11) is 1.15. The molecule has 1 heterocycles. The van der Waals surface area contributed by atoms with Crippen LogP contribution >= 0.6 is 0 Å². The van der Waals surface area contributed by atoms with Crippen LogP contribution in [0.1, 0.15) is 16.5 Å². The van der Waals surface area contributed by atoms with Crippen molar-refractivity contribution in [3.8, 4) is 0 Å². The largest absolute Gasteiger partial charge is 0.467 e. The van der Waals surface area contributed by atoms with Crippen molar-refractivity contribution in [1.82, 2.24) is 15.5 Å². The second kappa shape index (κ2) is 5.21. The summed E-state index contributed by atoms with van der Waals surface area (Å²) in [4.78, 5) is 26.1. The summed E-state index contributed by atoms with van der Waals surface area (Å²) < 4.78 is 8.95. The van der Waals surface area contributed by atoms with E-state index in [1.165, 1.54) is 6.92 Å². The van der Waals surface area contributed by atoms with Gasteiger partial charge < -0.3 is 19.7 Å². The fourth-order valence-electron chi connectivity index (χ4n) is 0.936. The second-order valence-corrected chi connectivity index (χ2v) is 2.87. The summed E-state index contributed by atoms with van der Waals surface area (Å²) in [6.07, 6.45) is 0. The van der Waals surface area contributed by atoms with Gasteiger partial charge in [0.1, 0.15) is 0 Å². The zero-order valence-corrected chi connectivity index (χ0v) is 8.76. The SMILES string of the molecule is COC(=O)C(CO)NC(=O)c1noc(C)n1. The molecule has 0 saturated heterocycles. The lowest BCUT2D eigenvalue weighted by atomic mass is 10.3. The third-order valence-electron chi connectivity index (χ3n) is 1.70. The molecule has 0 radical (unpaired) electrons. The van der Waals surface area contributed by atoms with Crippen molar-refractivity contribution in [2.45, 2.75) is 13.0 Å². The van der Waals surface area contributed by atoms with E-state index in [4.69, 9.17) is 5.11 Å². The number of ether oxygens (including phenoxy) is 1. The molecule has 0 saturated carbocycles. The minimum atomic E-state index is -1.14. The van der Waals surface area contributed by atoms with Gasteiger partial charge in [-0.25, -0.2) is 4.79 Å². The van der Waals surface area contributed by atoms with Gasteiger partial charge in [0.2, 0.25) is 5.89 Å². The number of nitrogens with zero attached hydrogens (tertiary/aromatic N) is 2. The number of aryl methyl sites for hydroxylation is 1. The number of amides is 1. The Labute approximate surface area is 90.6 Å². The number of aliphatic hydroxyl groups is 1. The number of esters is 1. The van der Waals surface area contributed by atoms with Crippen molar-refractivity contribution in [2.24, 2.45) is 0 Å². The average Bonchev–Trinajstić information content (AvgIpc) is 2.71. The number of rotatable bonds is 4. The van der Waals surface area contributed by atoms with Crippen LogP contribution in [0.15, 0.2) is 4.52 Å². The highest BCUT2D eigenvalue weighted by Crippen LogP contribution is 1.96. The Kier molecular flexibility index (Phi) is 3.95. The normalized spacial score (nSPS) is 11.9. The smallest absolute Gasteiger partial charge is 0.330 e. The summed E-state index contributed by atoms with van der Waals surface area (Å²) >= 11 is 0. The Bertz CT molecular complexity index is 389. The number of aliphatic hydroxyl groups excluding tert-OH is 1. The fourth-order valence-corrected chi connectivity index (χ4v) is 0.936. The average molecular weight is 229 g/mol. The Morgan fingerprint density at radius 3 is 2.75 bits per heavy atom. The first kappa shape index (κ1) is 12.1. The highest BCUT2D eigenvalue weighted by molar-refractivity contribution is 5.93. The summed E-state index contributed by atoms with van der Waals surface area (Å²) in [6.45, 7) is 0.947. The first-order chi connectivity index (χ1) is 7.58. The van der Waals surface area contributed by atoms with E-state index in [1.54, 1.807) is 0 Å². The highest BCUT2D eigenvalue weighted by atomic mass is 16.5. The van der Waals surface area contributed by atoms with Gasteiger partial charge in [0.15, 0.2) is 6.04 Å². The van der Waals surface area contributed by atoms with Crippen LogP contribution in [0.4, 0.5) is 0 Å². The molecule has 1 atom stereocenters. The summed E-state index contributed by atoms with van der Waals surface area (Å²) in [6, 6.07) is -1.14. The summed E-state index contributed by atoms with van der Waals surface area (Å²) in [5.41, 5.74) is 0. The number of hydrogen-bond acceptors (Lipinski definition) is 7. The van der Waals surface area contributed by atoms with Crippen LogP contribution in [0.3, 0.4) is 0 Å². The molecule has 0 aliphatic carbocycles. The topological polar surface area (TPSA) is 115 Å². The van der Waals surface area contributed by atoms with Crippen molar-refractivity contribution in [3.05, 3.63) is 11.7 Å². The number of nitrogens with one attached hydrogen (secondary N) is 1. The van der Waals surface area contributed by atoms with Gasteiger partial charge in [0, 0.05) is 6.92 Å². The van der Waals surface area contributed by atoms with Crippen LogP contribution < -0.4 is 5.32 Å². The number of methoxy groups -OCH3 is 1. The van der Waals surface area contributed by atoms with E-state index < -0.39 is 24.5 Å². The molecule has 0 fully saturated rings. The molecule has 1 amide bonds. The number of aromatic nitrogens is 2. The van der Waals surface area contributed by atoms with Crippen LogP contribution in [-0.2, 0) is 9.53 Å². The van der Waals surface area contributed by atoms with Gasteiger partial charge in [0.25, 0.3) is 11.7 Å². The first-order valence-corrected chi connectivity index (χ1v) is 4.38. The van der Waals surface area contributed by atoms with E-state index in [2.05, 4.69) is 24.7 Å². The van der Waals surface area contributed by atoms with Gasteiger partial charge in [-0.05, 0) is 0 Å². The molecule has 0 aliphatic rings. The standard InChI is InChI=1S/C8H11N3O5/c1-4-9-6(11-16-4)7(13)10-5(3-12)8(14)15-2/h5,12H,3H2,1-2H3,(H,10,13). The van der Waals surface area contributed by atoms with Gasteiger partial charge in [-0.1, -0.05) is 5.16 Å². The van der Waals surface area contributed by atoms with E-state index in [0.717, 1.165) is 7.11 Å². The van der Waals surface area contributed by atoms with Crippen LogP contribution in [0, 0.1) is 6.92 Å². The third-order valence-corrected chi connectivity index (χ3v) is 1.70. The molecule has 0 spiro atoms. The van der Waals surface area contributed by atoms with Gasteiger partial charge in [-0.15, -0.1) is 0 Å². The maximum absolute atomic E-state index is 11.4.